The van der Waals surface area contributed by atoms with Gasteiger partial charge in [-0.1, -0.05) is 0 Å². The SMILES string of the molecule is COC(=O)c1occc1CN1CC[C@@H](N)C1. The highest BCUT2D eigenvalue weighted by Gasteiger charge is 2.22. The third-order valence-corrected chi connectivity index (χ3v) is 2.82. The number of likely N-dealkylation sites (tertiary alicyclic amines) is 1. The third-order valence-electron chi connectivity index (χ3n) is 2.82. The number of ether oxygens (including phenoxy) is 1. The van der Waals surface area contributed by atoms with Gasteiger partial charge in [0, 0.05) is 31.2 Å². The summed E-state index contributed by atoms with van der Waals surface area (Å²) >= 11 is 0. The number of furan rings is 1. The van der Waals surface area contributed by atoms with Gasteiger partial charge in [-0.3, -0.25) is 4.90 Å². The maximum absolute atomic E-state index is 11.4. The van der Waals surface area contributed by atoms with Crippen LogP contribution in [0.5, 0.6) is 0 Å². The Labute approximate surface area is 94.1 Å². The topological polar surface area (TPSA) is 68.7 Å². The zero-order chi connectivity index (χ0) is 11.5. The van der Waals surface area contributed by atoms with Gasteiger partial charge >= 0.3 is 5.97 Å². The van der Waals surface area contributed by atoms with E-state index in [2.05, 4.69) is 9.64 Å². The second-order valence-electron chi connectivity index (χ2n) is 4.05. The number of nitrogens with two attached hydrogens (primary N) is 1. The van der Waals surface area contributed by atoms with Crippen molar-refractivity contribution in [3.05, 3.63) is 23.7 Å². The van der Waals surface area contributed by atoms with Gasteiger partial charge in [0.25, 0.3) is 0 Å². The van der Waals surface area contributed by atoms with Gasteiger partial charge < -0.3 is 14.9 Å². The minimum atomic E-state index is -0.427. The smallest absolute Gasteiger partial charge is 0.374 e. The third kappa shape index (κ3) is 2.25. The molecule has 0 unspecified atom stereocenters. The van der Waals surface area contributed by atoms with Crippen LogP contribution in [0.4, 0.5) is 0 Å². The van der Waals surface area contributed by atoms with E-state index in [-0.39, 0.29) is 6.04 Å². The maximum Gasteiger partial charge on any atom is 0.374 e. The first-order valence-electron chi connectivity index (χ1n) is 5.33. The number of hydrogen-bond acceptors (Lipinski definition) is 5. The van der Waals surface area contributed by atoms with Crippen molar-refractivity contribution in [1.82, 2.24) is 4.90 Å². The molecule has 1 aliphatic heterocycles. The zero-order valence-electron chi connectivity index (χ0n) is 9.31. The van der Waals surface area contributed by atoms with Gasteiger partial charge in [0.2, 0.25) is 5.76 Å². The lowest BCUT2D eigenvalue weighted by Crippen LogP contribution is -2.26. The van der Waals surface area contributed by atoms with Crippen molar-refractivity contribution < 1.29 is 13.9 Å². The van der Waals surface area contributed by atoms with Crippen LogP contribution in [0.3, 0.4) is 0 Å². The Bertz CT molecular complexity index is 375. The molecule has 2 rings (SSSR count). The van der Waals surface area contributed by atoms with Crippen molar-refractivity contribution in [3.8, 4) is 0 Å². The average Bonchev–Trinajstić information content (AvgIpc) is 2.87. The molecule has 0 amide bonds. The van der Waals surface area contributed by atoms with Gasteiger partial charge in [-0.15, -0.1) is 0 Å². The molecule has 1 saturated heterocycles. The van der Waals surface area contributed by atoms with Gasteiger partial charge in [0.15, 0.2) is 0 Å². The molecule has 16 heavy (non-hydrogen) atoms. The van der Waals surface area contributed by atoms with Crippen LogP contribution in [-0.4, -0.2) is 37.1 Å². The first kappa shape index (κ1) is 11.2. The molecule has 0 aliphatic carbocycles. The zero-order valence-corrected chi connectivity index (χ0v) is 9.31. The first-order chi connectivity index (χ1) is 7.70. The summed E-state index contributed by atoms with van der Waals surface area (Å²) in [5, 5.41) is 0. The van der Waals surface area contributed by atoms with E-state index in [1.54, 1.807) is 6.07 Å². The quantitative estimate of drug-likeness (QED) is 0.761. The summed E-state index contributed by atoms with van der Waals surface area (Å²) in [6.45, 7) is 2.52. The summed E-state index contributed by atoms with van der Waals surface area (Å²) in [7, 11) is 1.35. The Morgan fingerprint density at radius 1 is 1.75 bits per heavy atom. The molecule has 1 aromatic rings. The number of rotatable bonds is 3. The lowest BCUT2D eigenvalue weighted by Gasteiger charge is -2.14. The minimum Gasteiger partial charge on any atom is -0.463 e. The van der Waals surface area contributed by atoms with Gasteiger partial charge in [-0.25, -0.2) is 4.79 Å². The average molecular weight is 224 g/mol. The van der Waals surface area contributed by atoms with E-state index in [4.69, 9.17) is 10.2 Å². The lowest BCUT2D eigenvalue weighted by molar-refractivity contribution is 0.0562. The van der Waals surface area contributed by atoms with Crippen LogP contribution in [-0.2, 0) is 11.3 Å². The van der Waals surface area contributed by atoms with Crippen LogP contribution in [0.25, 0.3) is 0 Å². The first-order valence-corrected chi connectivity index (χ1v) is 5.33. The van der Waals surface area contributed by atoms with Crippen LogP contribution in [0.1, 0.15) is 22.5 Å². The highest BCUT2D eigenvalue weighted by atomic mass is 16.5. The summed E-state index contributed by atoms with van der Waals surface area (Å²) in [4.78, 5) is 13.6. The molecule has 1 atom stereocenters. The van der Waals surface area contributed by atoms with Crippen LogP contribution < -0.4 is 5.73 Å². The van der Waals surface area contributed by atoms with Gasteiger partial charge in [-0.05, 0) is 12.5 Å². The molecular weight excluding hydrogens is 208 g/mol. The van der Waals surface area contributed by atoms with Crippen molar-refractivity contribution in [2.75, 3.05) is 20.2 Å². The molecule has 1 aromatic heterocycles. The fourth-order valence-electron chi connectivity index (χ4n) is 1.98. The van der Waals surface area contributed by atoms with E-state index in [0.717, 1.165) is 25.1 Å². The molecule has 5 nitrogen and oxygen atoms in total. The highest BCUT2D eigenvalue weighted by molar-refractivity contribution is 5.87. The molecule has 1 aliphatic rings. The summed E-state index contributed by atoms with van der Waals surface area (Å²) in [6.07, 6.45) is 2.52. The van der Waals surface area contributed by atoms with E-state index < -0.39 is 5.97 Å². The number of methoxy groups -OCH3 is 1. The second-order valence-corrected chi connectivity index (χ2v) is 4.05. The predicted octanol–water partition coefficient (Wildman–Crippen LogP) is 0.599. The summed E-state index contributed by atoms with van der Waals surface area (Å²) < 4.78 is 9.77. The second kappa shape index (κ2) is 4.67. The van der Waals surface area contributed by atoms with E-state index in [1.807, 2.05) is 0 Å². The molecule has 0 aromatic carbocycles. The van der Waals surface area contributed by atoms with Gasteiger partial charge in [-0.2, -0.15) is 0 Å². The number of esters is 1. The van der Waals surface area contributed by atoms with E-state index in [0.29, 0.717) is 12.3 Å². The normalized spacial score (nSPS) is 21.2. The molecule has 0 bridgehead atoms. The Morgan fingerprint density at radius 3 is 3.19 bits per heavy atom. The summed E-state index contributed by atoms with van der Waals surface area (Å²) in [5.41, 5.74) is 6.68. The summed E-state index contributed by atoms with van der Waals surface area (Å²) in [6, 6.07) is 2.05. The molecule has 88 valence electrons. The molecule has 0 saturated carbocycles. The van der Waals surface area contributed by atoms with Crippen LogP contribution in [0.2, 0.25) is 0 Å². The number of carbonyl (C=O) groups is 1. The van der Waals surface area contributed by atoms with Crippen LogP contribution in [0, 0.1) is 0 Å². The molecule has 2 N–H and O–H groups in total. The molecular formula is C11H16N2O3. The molecule has 2 heterocycles. The van der Waals surface area contributed by atoms with Crippen molar-refractivity contribution in [3.63, 3.8) is 0 Å². The Balaban J connectivity index is 2.04. The fourth-order valence-corrected chi connectivity index (χ4v) is 1.98. The standard InChI is InChI=1S/C11H16N2O3/c1-15-11(14)10-8(3-5-16-10)6-13-4-2-9(12)7-13/h3,5,9H,2,4,6-7,12H2,1H3/t9-/m1/s1. The number of nitrogens with zero attached hydrogens (tertiary/aromatic N) is 1. The van der Waals surface area contributed by atoms with E-state index in [9.17, 15) is 4.79 Å². The minimum absolute atomic E-state index is 0.244. The molecule has 0 radical (unpaired) electrons. The monoisotopic (exact) mass is 224 g/mol. The van der Waals surface area contributed by atoms with Crippen LogP contribution >= 0.6 is 0 Å². The van der Waals surface area contributed by atoms with Crippen molar-refractivity contribution in [2.24, 2.45) is 5.73 Å². The fraction of sp³-hybridized carbons (Fsp3) is 0.545. The van der Waals surface area contributed by atoms with Crippen LogP contribution in [0.15, 0.2) is 16.7 Å². The Kier molecular flexibility index (Phi) is 3.26. The maximum atomic E-state index is 11.4. The molecule has 0 spiro atoms. The number of carbonyl (C=O) groups excluding carboxylic acids is 1. The van der Waals surface area contributed by atoms with Crippen molar-refractivity contribution in [1.29, 1.82) is 0 Å². The Morgan fingerprint density at radius 2 is 2.56 bits per heavy atom. The molecule has 5 heteroatoms. The van der Waals surface area contributed by atoms with Crippen molar-refractivity contribution >= 4 is 5.97 Å². The highest BCUT2D eigenvalue weighted by Crippen LogP contribution is 2.17. The van der Waals surface area contributed by atoms with Gasteiger partial charge in [0.05, 0.1) is 13.4 Å². The lowest BCUT2D eigenvalue weighted by atomic mass is 10.2. The summed E-state index contributed by atoms with van der Waals surface area (Å²) in [5.74, 6) is -0.133. The van der Waals surface area contributed by atoms with Gasteiger partial charge in [0.1, 0.15) is 0 Å². The van der Waals surface area contributed by atoms with E-state index >= 15 is 0 Å². The molecule has 1 fully saturated rings. The van der Waals surface area contributed by atoms with E-state index in [1.165, 1.54) is 13.4 Å². The predicted molar refractivity (Wildman–Crippen MR) is 57.9 cm³/mol. The Hall–Kier alpha value is -1.33. The number of hydrogen-bond donors (Lipinski definition) is 1. The van der Waals surface area contributed by atoms with Crippen molar-refractivity contribution in [2.45, 2.75) is 19.0 Å². The largest absolute Gasteiger partial charge is 0.463 e.